The van der Waals surface area contributed by atoms with E-state index in [0.29, 0.717) is 27.4 Å². The van der Waals surface area contributed by atoms with Gasteiger partial charge in [0.1, 0.15) is 17.5 Å². The summed E-state index contributed by atoms with van der Waals surface area (Å²) in [5.41, 5.74) is 1.11. The molecule has 2 heterocycles. The average molecular weight is 483 g/mol. The van der Waals surface area contributed by atoms with E-state index in [0.717, 1.165) is 5.56 Å². The lowest BCUT2D eigenvalue weighted by molar-refractivity contribution is -0.384. The van der Waals surface area contributed by atoms with Crippen LogP contribution >= 0.6 is 11.6 Å². The standard InChI is InChI=1S/C22H19ClN6O5/c1-34-19-7-4-15(23)10-17(19)21(30)24-8-9-28-20-18(11-26-28)22(31)27(13-25-20)12-14-2-5-16(6-3-14)29(32)33/h2-7,10-11,13H,8-9,12H2,1H3,(H,24,30). The molecule has 4 rings (SSSR count). The lowest BCUT2D eigenvalue weighted by atomic mass is 10.2. The molecule has 0 saturated carbocycles. The highest BCUT2D eigenvalue weighted by Gasteiger charge is 2.14. The Kier molecular flexibility index (Phi) is 6.55. The number of nitro groups is 1. The Bertz CT molecular complexity index is 1430. The summed E-state index contributed by atoms with van der Waals surface area (Å²) in [4.78, 5) is 40.0. The van der Waals surface area contributed by atoms with Crippen molar-refractivity contribution in [3.05, 3.63) is 91.6 Å². The number of nitrogens with one attached hydrogen (secondary N) is 1. The van der Waals surface area contributed by atoms with Crippen molar-refractivity contribution in [2.75, 3.05) is 13.7 Å². The van der Waals surface area contributed by atoms with Crippen LogP contribution in [0.5, 0.6) is 5.75 Å². The van der Waals surface area contributed by atoms with Gasteiger partial charge in [-0.1, -0.05) is 23.7 Å². The maximum absolute atomic E-state index is 12.9. The van der Waals surface area contributed by atoms with Gasteiger partial charge in [0.2, 0.25) is 0 Å². The molecule has 1 N–H and O–H groups in total. The van der Waals surface area contributed by atoms with Crippen LogP contribution in [0.4, 0.5) is 5.69 Å². The maximum atomic E-state index is 12.9. The third kappa shape index (κ3) is 4.74. The normalized spacial score (nSPS) is 10.9. The van der Waals surface area contributed by atoms with Gasteiger partial charge in [-0.3, -0.25) is 24.3 Å². The van der Waals surface area contributed by atoms with Gasteiger partial charge in [0.15, 0.2) is 5.65 Å². The van der Waals surface area contributed by atoms with Gasteiger partial charge < -0.3 is 10.1 Å². The summed E-state index contributed by atoms with van der Waals surface area (Å²) in [5, 5.41) is 18.5. The molecule has 2 aromatic heterocycles. The van der Waals surface area contributed by atoms with E-state index in [-0.39, 0.29) is 36.8 Å². The Morgan fingerprint density at radius 1 is 1.24 bits per heavy atom. The van der Waals surface area contributed by atoms with Crippen molar-refractivity contribution in [2.45, 2.75) is 13.1 Å². The van der Waals surface area contributed by atoms with E-state index >= 15 is 0 Å². The van der Waals surface area contributed by atoms with E-state index in [1.165, 1.54) is 47.1 Å². The molecule has 0 atom stereocenters. The molecule has 34 heavy (non-hydrogen) atoms. The lowest BCUT2D eigenvalue weighted by Gasteiger charge is -2.10. The molecule has 0 radical (unpaired) electrons. The maximum Gasteiger partial charge on any atom is 0.269 e. The molecule has 12 heteroatoms. The Balaban J connectivity index is 1.45. The third-order valence-electron chi connectivity index (χ3n) is 5.14. The highest BCUT2D eigenvalue weighted by molar-refractivity contribution is 6.31. The van der Waals surface area contributed by atoms with E-state index in [9.17, 15) is 19.7 Å². The van der Waals surface area contributed by atoms with Crippen molar-refractivity contribution >= 4 is 34.2 Å². The SMILES string of the molecule is COc1ccc(Cl)cc1C(=O)NCCn1ncc2c(=O)n(Cc3ccc([N+](=O)[O-])cc3)cnc21. The zero-order valence-corrected chi connectivity index (χ0v) is 18.7. The summed E-state index contributed by atoms with van der Waals surface area (Å²) in [6, 6.07) is 10.7. The summed E-state index contributed by atoms with van der Waals surface area (Å²) in [6.07, 6.45) is 2.83. The van der Waals surface area contributed by atoms with Crippen LogP contribution in [0.2, 0.25) is 5.02 Å². The number of methoxy groups -OCH3 is 1. The number of nitro benzene ring substituents is 1. The number of hydrogen-bond donors (Lipinski definition) is 1. The van der Waals surface area contributed by atoms with Gasteiger partial charge in [-0.25, -0.2) is 9.67 Å². The Labute approximate surface area is 197 Å². The minimum atomic E-state index is -0.480. The molecule has 0 unspecified atom stereocenters. The number of fused-ring (bicyclic) bond motifs is 1. The van der Waals surface area contributed by atoms with E-state index in [2.05, 4.69) is 15.4 Å². The molecule has 2 aromatic carbocycles. The second kappa shape index (κ2) is 9.71. The third-order valence-corrected chi connectivity index (χ3v) is 5.37. The van der Waals surface area contributed by atoms with Crippen molar-refractivity contribution in [3.63, 3.8) is 0 Å². The average Bonchev–Trinajstić information content (AvgIpc) is 3.24. The number of aromatic nitrogens is 4. The number of carbonyl (C=O) groups excluding carboxylic acids is 1. The molecular weight excluding hydrogens is 464 g/mol. The first-order valence-electron chi connectivity index (χ1n) is 10.1. The molecule has 4 aromatic rings. The fourth-order valence-electron chi connectivity index (χ4n) is 3.42. The van der Waals surface area contributed by atoms with Gasteiger partial charge >= 0.3 is 0 Å². The summed E-state index contributed by atoms with van der Waals surface area (Å²) in [6.45, 7) is 0.734. The number of non-ortho nitro benzene ring substituents is 1. The molecule has 0 aliphatic heterocycles. The predicted octanol–water partition coefficient (Wildman–Crippen LogP) is 2.64. The molecule has 0 fully saturated rings. The van der Waals surface area contributed by atoms with Crippen molar-refractivity contribution in [3.8, 4) is 5.75 Å². The van der Waals surface area contributed by atoms with Gasteiger partial charge in [-0.2, -0.15) is 5.10 Å². The molecule has 0 aliphatic rings. The second-order valence-corrected chi connectivity index (χ2v) is 7.74. The first-order valence-corrected chi connectivity index (χ1v) is 10.5. The van der Waals surface area contributed by atoms with Gasteiger partial charge in [-0.05, 0) is 23.8 Å². The highest BCUT2D eigenvalue weighted by atomic mass is 35.5. The number of nitrogens with zero attached hydrogens (tertiary/aromatic N) is 5. The first-order chi connectivity index (χ1) is 16.4. The fraction of sp³-hybridized carbons (Fsp3) is 0.182. The predicted molar refractivity (Wildman–Crippen MR) is 124 cm³/mol. The number of ether oxygens (including phenoxy) is 1. The molecule has 0 saturated heterocycles. The summed E-state index contributed by atoms with van der Waals surface area (Å²) >= 11 is 5.98. The minimum Gasteiger partial charge on any atom is -0.496 e. The van der Waals surface area contributed by atoms with E-state index in [1.807, 2.05) is 0 Å². The van der Waals surface area contributed by atoms with Crippen molar-refractivity contribution < 1.29 is 14.5 Å². The molecule has 174 valence electrons. The van der Waals surface area contributed by atoms with Gasteiger partial charge in [0, 0.05) is 23.7 Å². The Hall–Kier alpha value is -4.25. The summed E-state index contributed by atoms with van der Waals surface area (Å²) in [7, 11) is 1.47. The molecule has 0 aliphatic carbocycles. The molecule has 11 nitrogen and oxygen atoms in total. The first kappa shape index (κ1) is 22.9. The molecule has 1 amide bonds. The smallest absolute Gasteiger partial charge is 0.269 e. The Morgan fingerprint density at radius 3 is 2.71 bits per heavy atom. The molecule has 0 spiro atoms. The van der Waals surface area contributed by atoms with Crippen molar-refractivity contribution in [1.82, 2.24) is 24.6 Å². The second-order valence-electron chi connectivity index (χ2n) is 7.31. The highest BCUT2D eigenvalue weighted by Crippen LogP contribution is 2.22. The van der Waals surface area contributed by atoms with E-state index in [4.69, 9.17) is 16.3 Å². The molecular formula is C22H19ClN6O5. The number of rotatable bonds is 8. The zero-order chi connectivity index (χ0) is 24.2. The summed E-state index contributed by atoms with van der Waals surface area (Å²) < 4.78 is 8.14. The van der Waals surface area contributed by atoms with Crippen LogP contribution in [0.15, 0.2) is 59.8 Å². The van der Waals surface area contributed by atoms with Gasteiger partial charge in [0.05, 0.1) is 36.9 Å². The number of benzene rings is 2. The van der Waals surface area contributed by atoms with Crippen LogP contribution in [-0.2, 0) is 13.1 Å². The molecule has 0 bridgehead atoms. The number of amides is 1. The largest absolute Gasteiger partial charge is 0.496 e. The minimum absolute atomic E-state index is 0.0214. The van der Waals surface area contributed by atoms with Crippen LogP contribution in [-0.4, -0.2) is 43.8 Å². The number of halogens is 1. The monoisotopic (exact) mass is 482 g/mol. The van der Waals surface area contributed by atoms with Crippen LogP contribution in [0.3, 0.4) is 0 Å². The quantitative estimate of drug-likeness (QED) is 0.301. The van der Waals surface area contributed by atoms with Crippen molar-refractivity contribution in [2.24, 2.45) is 0 Å². The summed E-state index contributed by atoms with van der Waals surface area (Å²) in [5.74, 6) is 0.0518. The van der Waals surface area contributed by atoms with Crippen LogP contribution in [0, 0.1) is 10.1 Å². The number of hydrogen-bond acceptors (Lipinski definition) is 7. The van der Waals surface area contributed by atoms with Crippen LogP contribution in [0.1, 0.15) is 15.9 Å². The Morgan fingerprint density at radius 2 is 2.00 bits per heavy atom. The lowest BCUT2D eigenvalue weighted by Crippen LogP contribution is -2.28. The fourth-order valence-corrected chi connectivity index (χ4v) is 3.59. The zero-order valence-electron chi connectivity index (χ0n) is 18.0. The van der Waals surface area contributed by atoms with Crippen molar-refractivity contribution in [1.29, 1.82) is 0 Å². The van der Waals surface area contributed by atoms with Crippen LogP contribution in [0.25, 0.3) is 11.0 Å². The van der Waals surface area contributed by atoms with Gasteiger partial charge in [0.25, 0.3) is 17.2 Å². The van der Waals surface area contributed by atoms with E-state index < -0.39 is 4.92 Å². The van der Waals surface area contributed by atoms with Crippen LogP contribution < -0.4 is 15.6 Å². The number of carbonyl (C=O) groups is 1. The van der Waals surface area contributed by atoms with Gasteiger partial charge in [-0.15, -0.1) is 0 Å². The topological polar surface area (TPSA) is 134 Å². The van der Waals surface area contributed by atoms with E-state index in [1.54, 1.807) is 24.3 Å².